The van der Waals surface area contributed by atoms with Gasteiger partial charge >= 0.3 is 6.03 Å². The van der Waals surface area contributed by atoms with Crippen molar-refractivity contribution < 1.29 is 22.8 Å². The van der Waals surface area contributed by atoms with Crippen molar-refractivity contribution in [2.45, 2.75) is 12.5 Å². The Kier molecular flexibility index (Phi) is 4.51. The number of urea groups is 1. The molecule has 0 bridgehead atoms. The third kappa shape index (κ3) is 3.51. The Labute approximate surface area is 145 Å². The van der Waals surface area contributed by atoms with E-state index in [2.05, 4.69) is 0 Å². The lowest BCUT2D eigenvalue weighted by atomic mass is 10.1. The molecule has 9 heteroatoms. The Morgan fingerprint density at radius 3 is 2.44 bits per heavy atom. The van der Waals surface area contributed by atoms with Gasteiger partial charge in [0.15, 0.2) is 9.84 Å². The molecular weight excluding hydrogens is 346 g/mol. The molecule has 0 spiro atoms. The molecule has 1 aromatic rings. The van der Waals surface area contributed by atoms with Gasteiger partial charge in [0, 0.05) is 12.7 Å². The Morgan fingerprint density at radius 1 is 1.24 bits per heavy atom. The summed E-state index contributed by atoms with van der Waals surface area (Å²) in [5.74, 6) is -0.994. The van der Waals surface area contributed by atoms with Gasteiger partial charge in [-0.15, -0.1) is 0 Å². The highest BCUT2D eigenvalue weighted by atomic mass is 32.2. The zero-order valence-electron chi connectivity index (χ0n) is 13.8. The number of nitrogens with zero attached hydrogens (tertiary/aromatic N) is 3. The van der Waals surface area contributed by atoms with E-state index in [1.807, 2.05) is 0 Å². The van der Waals surface area contributed by atoms with E-state index < -0.39 is 40.3 Å². The fraction of sp³-hybridized carbons (Fsp3) is 0.438. The van der Waals surface area contributed by atoms with Crippen LogP contribution in [0.25, 0.3) is 0 Å². The molecule has 0 aliphatic carbocycles. The molecule has 0 aromatic heterocycles. The van der Waals surface area contributed by atoms with Gasteiger partial charge in [-0.05, 0) is 18.6 Å². The molecule has 0 saturated carbocycles. The lowest BCUT2D eigenvalue weighted by Crippen LogP contribution is -2.48. The van der Waals surface area contributed by atoms with Crippen LogP contribution in [-0.2, 0) is 19.4 Å². The van der Waals surface area contributed by atoms with Crippen molar-refractivity contribution in [3.05, 3.63) is 30.3 Å². The van der Waals surface area contributed by atoms with Crippen LogP contribution in [0.1, 0.15) is 6.42 Å². The van der Waals surface area contributed by atoms with E-state index in [0.717, 1.165) is 4.90 Å². The van der Waals surface area contributed by atoms with Crippen molar-refractivity contribution >= 4 is 33.4 Å². The summed E-state index contributed by atoms with van der Waals surface area (Å²) in [5, 5.41) is 0. The van der Waals surface area contributed by atoms with Crippen molar-refractivity contribution in [3.8, 4) is 0 Å². The van der Waals surface area contributed by atoms with E-state index in [-0.39, 0.29) is 18.1 Å². The van der Waals surface area contributed by atoms with E-state index in [4.69, 9.17) is 0 Å². The fourth-order valence-electron chi connectivity index (χ4n) is 3.16. The normalized spacial score (nSPS) is 22.5. The molecule has 2 fully saturated rings. The van der Waals surface area contributed by atoms with Crippen molar-refractivity contribution in [2.24, 2.45) is 0 Å². The van der Waals surface area contributed by atoms with Crippen LogP contribution in [0.15, 0.2) is 30.3 Å². The molecule has 4 amide bonds. The molecule has 1 aromatic carbocycles. The molecular formula is C16H19N3O5S. The second kappa shape index (κ2) is 6.47. The molecule has 0 radical (unpaired) electrons. The zero-order valence-corrected chi connectivity index (χ0v) is 14.6. The number of anilines is 1. The molecule has 2 saturated heterocycles. The summed E-state index contributed by atoms with van der Waals surface area (Å²) in [4.78, 5) is 40.3. The third-order valence-electron chi connectivity index (χ3n) is 4.40. The van der Waals surface area contributed by atoms with Crippen LogP contribution in [0.5, 0.6) is 0 Å². The maximum atomic E-state index is 12.9. The van der Waals surface area contributed by atoms with Crippen molar-refractivity contribution in [1.29, 1.82) is 0 Å². The Balaban J connectivity index is 1.86. The maximum Gasteiger partial charge on any atom is 0.327 e. The Morgan fingerprint density at radius 2 is 1.92 bits per heavy atom. The topological polar surface area (TPSA) is 95.1 Å². The number of para-hydroxylation sites is 1. The molecule has 2 heterocycles. The molecule has 0 N–H and O–H groups in total. The average molecular weight is 365 g/mol. The van der Waals surface area contributed by atoms with Crippen molar-refractivity contribution in [2.75, 3.05) is 36.5 Å². The number of hydrogen-bond donors (Lipinski definition) is 0. The van der Waals surface area contributed by atoms with Gasteiger partial charge in [0.05, 0.1) is 17.5 Å². The summed E-state index contributed by atoms with van der Waals surface area (Å²) < 4.78 is 23.7. The van der Waals surface area contributed by atoms with Crippen LogP contribution in [0.3, 0.4) is 0 Å². The lowest BCUT2D eigenvalue weighted by molar-refractivity contribution is -0.129. The van der Waals surface area contributed by atoms with Gasteiger partial charge in [0.2, 0.25) is 5.91 Å². The number of benzene rings is 1. The van der Waals surface area contributed by atoms with E-state index in [1.54, 1.807) is 30.3 Å². The van der Waals surface area contributed by atoms with E-state index in [0.29, 0.717) is 12.1 Å². The Bertz CT molecular complexity index is 808. The molecule has 0 unspecified atom stereocenters. The number of rotatable bonds is 4. The quantitative estimate of drug-likeness (QED) is 0.706. The molecule has 2 aliphatic heterocycles. The number of carbonyl (C=O) groups is 3. The van der Waals surface area contributed by atoms with Crippen LogP contribution in [0.2, 0.25) is 0 Å². The van der Waals surface area contributed by atoms with Crippen LogP contribution in [-0.4, -0.2) is 73.7 Å². The number of hydrogen-bond acceptors (Lipinski definition) is 5. The minimum absolute atomic E-state index is 0.0264. The summed E-state index contributed by atoms with van der Waals surface area (Å²) in [6, 6.07) is 7.69. The standard InChI is InChI=1S/C16H19N3O5S/c1-17-9-14(20)18(16(17)22)10-15(21)19(12-5-3-2-4-6-12)13-7-8-25(23,24)11-13/h2-6,13H,7-11H2,1H3/t13-/m1/s1. The van der Waals surface area contributed by atoms with Gasteiger partial charge in [0.25, 0.3) is 5.91 Å². The fourth-order valence-corrected chi connectivity index (χ4v) is 4.86. The summed E-state index contributed by atoms with van der Waals surface area (Å²) in [7, 11) is -1.70. The summed E-state index contributed by atoms with van der Waals surface area (Å²) in [6.45, 7) is -0.456. The molecule has 8 nitrogen and oxygen atoms in total. The number of carbonyl (C=O) groups excluding carboxylic acids is 3. The second-order valence-electron chi connectivity index (χ2n) is 6.27. The first kappa shape index (κ1) is 17.4. The smallest absolute Gasteiger partial charge is 0.318 e. The summed E-state index contributed by atoms with van der Waals surface area (Å²) >= 11 is 0. The number of sulfone groups is 1. The highest BCUT2D eigenvalue weighted by Gasteiger charge is 2.39. The van der Waals surface area contributed by atoms with Gasteiger partial charge in [-0.25, -0.2) is 13.2 Å². The van der Waals surface area contributed by atoms with Gasteiger partial charge in [-0.2, -0.15) is 0 Å². The lowest BCUT2D eigenvalue weighted by Gasteiger charge is -2.29. The monoisotopic (exact) mass is 365 g/mol. The highest BCUT2D eigenvalue weighted by Crippen LogP contribution is 2.25. The van der Waals surface area contributed by atoms with Crippen molar-refractivity contribution in [3.63, 3.8) is 0 Å². The van der Waals surface area contributed by atoms with Gasteiger partial charge in [-0.3, -0.25) is 14.5 Å². The van der Waals surface area contributed by atoms with E-state index >= 15 is 0 Å². The average Bonchev–Trinajstić information content (AvgIpc) is 3.02. The number of imide groups is 1. The molecule has 1 atom stereocenters. The summed E-state index contributed by atoms with van der Waals surface area (Å²) in [5.41, 5.74) is 0.557. The summed E-state index contributed by atoms with van der Waals surface area (Å²) in [6.07, 6.45) is 0.338. The van der Waals surface area contributed by atoms with Gasteiger partial charge in [0.1, 0.15) is 13.1 Å². The van der Waals surface area contributed by atoms with Gasteiger partial charge < -0.3 is 9.80 Å². The SMILES string of the molecule is CN1CC(=O)N(CC(=O)N(c2ccccc2)[C@@H]2CCS(=O)(=O)C2)C1=O. The van der Waals surface area contributed by atoms with E-state index in [9.17, 15) is 22.8 Å². The van der Waals surface area contributed by atoms with Crippen LogP contribution < -0.4 is 4.90 Å². The molecule has 25 heavy (non-hydrogen) atoms. The van der Waals surface area contributed by atoms with Crippen LogP contribution in [0.4, 0.5) is 10.5 Å². The van der Waals surface area contributed by atoms with Crippen LogP contribution in [0, 0.1) is 0 Å². The van der Waals surface area contributed by atoms with Crippen LogP contribution >= 0.6 is 0 Å². The molecule has 3 rings (SSSR count). The highest BCUT2D eigenvalue weighted by molar-refractivity contribution is 7.91. The Hall–Kier alpha value is -2.42. The van der Waals surface area contributed by atoms with Crippen molar-refractivity contribution in [1.82, 2.24) is 9.80 Å². The first-order valence-corrected chi connectivity index (χ1v) is 9.73. The maximum absolute atomic E-state index is 12.9. The minimum Gasteiger partial charge on any atom is -0.318 e. The van der Waals surface area contributed by atoms with Gasteiger partial charge in [-0.1, -0.05) is 18.2 Å². The largest absolute Gasteiger partial charge is 0.327 e. The first-order valence-electron chi connectivity index (χ1n) is 7.91. The first-order chi connectivity index (χ1) is 11.8. The second-order valence-corrected chi connectivity index (χ2v) is 8.50. The van der Waals surface area contributed by atoms with E-state index in [1.165, 1.54) is 16.8 Å². The molecule has 134 valence electrons. The third-order valence-corrected chi connectivity index (χ3v) is 6.15. The molecule has 2 aliphatic rings. The number of amides is 4. The predicted octanol–water partition coefficient (Wildman–Crippen LogP) is 0.101. The number of likely N-dealkylation sites (N-methyl/N-ethyl adjacent to an activating group) is 1. The predicted molar refractivity (Wildman–Crippen MR) is 90.7 cm³/mol. The zero-order chi connectivity index (χ0) is 18.2. The minimum atomic E-state index is -3.19.